The smallest absolute Gasteiger partial charge is 0.310 e. The second-order valence-corrected chi connectivity index (χ2v) is 2.83. The molecule has 0 radical (unpaired) electrons. The van der Waals surface area contributed by atoms with Gasteiger partial charge in [0.2, 0.25) is 0 Å². The quantitative estimate of drug-likeness (QED) is 0.590. The summed E-state index contributed by atoms with van der Waals surface area (Å²) in [5.74, 6) is 0. The average molecular weight is 219 g/mol. The van der Waals surface area contributed by atoms with Crippen molar-refractivity contribution < 1.29 is 4.92 Å². The summed E-state index contributed by atoms with van der Waals surface area (Å²) in [4.78, 5) is 14.0. The maximum absolute atomic E-state index is 10.6. The topological polar surface area (TPSA) is 82.0 Å². The average Bonchev–Trinajstić information content (AvgIpc) is 2.32. The highest BCUT2D eigenvalue weighted by molar-refractivity contribution is 5.94. The molecule has 0 unspecified atom stereocenters. The molecular formula is C11H13N3O2. The summed E-state index contributed by atoms with van der Waals surface area (Å²) in [6, 6.07) is 7.05. The third-order valence-electron chi connectivity index (χ3n) is 1.99. The number of pyridine rings is 1. The fourth-order valence-electron chi connectivity index (χ4n) is 1.30. The summed E-state index contributed by atoms with van der Waals surface area (Å²) in [6.07, 6.45) is 1.18. The predicted molar refractivity (Wildman–Crippen MR) is 64.2 cm³/mol. The van der Waals surface area contributed by atoms with Gasteiger partial charge in [-0.3, -0.25) is 10.1 Å². The molecule has 0 amide bonds. The van der Waals surface area contributed by atoms with Crippen LogP contribution in [0.2, 0.25) is 0 Å². The Kier molecular flexibility index (Phi) is 3.77. The number of nitrogen functional groups attached to an aromatic ring is 1. The van der Waals surface area contributed by atoms with E-state index in [2.05, 4.69) is 4.98 Å². The minimum atomic E-state index is -0.533. The normalized spacial score (nSPS) is 9.38. The van der Waals surface area contributed by atoms with Gasteiger partial charge in [-0.2, -0.15) is 0 Å². The first-order chi connectivity index (χ1) is 7.70. The van der Waals surface area contributed by atoms with Crippen molar-refractivity contribution in [3.8, 4) is 0 Å². The van der Waals surface area contributed by atoms with Crippen LogP contribution in [-0.4, -0.2) is 9.91 Å². The first kappa shape index (κ1) is 11.9. The number of fused-ring (bicyclic) bond motifs is 1. The Labute approximate surface area is 93.1 Å². The molecule has 2 N–H and O–H groups in total. The Balaban J connectivity index is 0.000000606. The maximum Gasteiger partial charge on any atom is 0.310 e. The zero-order valence-corrected chi connectivity index (χ0v) is 9.18. The van der Waals surface area contributed by atoms with Crippen molar-refractivity contribution in [2.45, 2.75) is 13.8 Å². The van der Waals surface area contributed by atoms with Crippen molar-refractivity contribution in [1.82, 2.24) is 4.98 Å². The van der Waals surface area contributed by atoms with Gasteiger partial charge in [-0.05, 0) is 6.07 Å². The highest BCUT2D eigenvalue weighted by Crippen LogP contribution is 2.27. The summed E-state index contributed by atoms with van der Waals surface area (Å²) in [6.45, 7) is 4.00. The van der Waals surface area contributed by atoms with Crippen LogP contribution in [0.4, 0.5) is 11.4 Å². The van der Waals surface area contributed by atoms with Crippen LogP contribution < -0.4 is 5.73 Å². The second-order valence-electron chi connectivity index (χ2n) is 2.83. The maximum atomic E-state index is 10.6. The Morgan fingerprint density at radius 2 is 1.94 bits per heavy atom. The standard InChI is InChI=1S/C9H7N3O2.C2H6/c10-9-6-3-1-2-4-7(6)11-5-8(9)12(13)14;1-2/h1-5H,(H2,10,11);1-2H3. The molecule has 84 valence electrons. The van der Waals surface area contributed by atoms with Gasteiger partial charge >= 0.3 is 5.69 Å². The van der Waals surface area contributed by atoms with E-state index < -0.39 is 4.92 Å². The fraction of sp³-hybridized carbons (Fsp3) is 0.182. The molecule has 0 atom stereocenters. The number of nitrogens with zero attached hydrogens (tertiary/aromatic N) is 2. The van der Waals surface area contributed by atoms with E-state index in [1.165, 1.54) is 6.20 Å². The molecule has 0 aliphatic carbocycles. The third kappa shape index (κ3) is 2.08. The SMILES string of the molecule is CC.Nc1c([N+](=O)[O-])cnc2ccccc12. The first-order valence-corrected chi connectivity index (χ1v) is 4.98. The third-order valence-corrected chi connectivity index (χ3v) is 1.99. The van der Waals surface area contributed by atoms with E-state index in [-0.39, 0.29) is 11.4 Å². The molecule has 0 bridgehead atoms. The van der Waals surface area contributed by atoms with E-state index >= 15 is 0 Å². The molecule has 0 saturated carbocycles. The molecule has 2 aromatic rings. The summed E-state index contributed by atoms with van der Waals surface area (Å²) in [5.41, 5.74) is 6.32. The van der Waals surface area contributed by atoms with Crippen molar-refractivity contribution in [3.05, 3.63) is 40.6 Å². The van der Waals surface area contributed by atoms with Crippen LogP contribution in [0.5, 0.6) is 0 Å². The fourth-order valence-corrected chi connectivity index (χ4v) is 1.30. The van der Waals surface area contributed by atoms with Crippen LogP contribution in [0.15, 0.2) is 30.5 Å². The summed E-state index contributed by atoms with van der Waals surface area (Å²) < 4.78 is 0. The molecule has 5 heteroatoms. The lowest BCUT2D eigenvalue weighted by atomic mass is 10.2. The summed E-state index contributed by atoms with van der Waals surface area (Å²) in [5, 5.41) is 11.2. The van der Waals surface area contributed by atoms with Gasteiger partial charge < -0.3 is 5.73 Å². The van der Waals surface area contributed by atoms with Gasteiger partial charge in [-0.1, -0.05) is 32.0 Å². The van der Waals surface area contributed by atoms with Crippen molar-refractivity contribution in [2.24, 2.45) is 0 Å². The molecule has 1 aromatic heterocycles. The molecule has 1 heterocycles. The molecule has 0 aliphatic heterocycles. The van der Waals surface area contributed by atoms with Gasteiger partial charge in [0.25, 0.3) is 0 Å². The van der Waals surface area contributed by atoms with E-state index in [0.717, 1.165) is 0 Å². The number of benzene rings is 1. The molecule has 2 rings (SSSR count). The number of aromatic nitrogens is 1. The van der Waals surface area contributed by atoms with Crippen molar-refractivity contribution in [3.63, 3.8) is 0 Å². The highest BCUT2D eigenvalue weighted by Gasteiger charge is 2.14. The van der Waals surface area contributed by atoms with Crippen LogP contribution in [0.1, 0.15) is 13.8 Å². The lowest BCUT2D eigenvalue weighted by Crippen LogP contribution is -1.97. The number of para-hydroxylation sites is 1. The van der Waals surface area contributed by atoms with E-state index in [1.54, 1.807) is 24.3 Å². The first-order valence-electron chi connectivity index (χ1n) is 4.98. The second kappa shape index (κ2) is 5.06. The number of nitrogens with two attached hydrogens (primary N) is 1. The Morgan fingerprint density at radius 1 is 1.31 bits per heavy atom. The molecule has 0 aliphatic rings. The van der Waals surface area contributed by atoms with E-state index in [1.807, 2.05) is 13.8 Å². The summed E-state index contributed by atoms with van der Waals surface area (Å²) in [7, 11) is 0. The lowest BCUT2D eigenvalue weighted by molar-refractivity contribution is -0.384. The minimum absolute atomic E-state index is 0.149. The Morgan fingerprint density at radius 3 is 2.56 bits per heavy atom. The van der Waals surface area contributed by atoms with Crippen molar-refractivity contribution in [1.29, 1.82) is 0 Å². The van der Waals surface area contributed by atoms with Crippen molar-refractivity contribution >= 4 is 22.3 Å². The van der Waals surface area contributed by atoms with E-state index in [4.69, 9.17) is 5.73 Å². The van der Waals surface area contributed by atoms with E-state index in [0.29, 0.717) is 10.9 Å². The molecular weight excluding hydrogens is 206 g/mol. The molecule has 0 spiro atoms. The van der Waals surface area contributed by atoms with Crippen LogP contribution >= 0.6 is 0 Å². The van der Waals surface area contributed by atoms with Crippen LogP contribution in [0, 0.1) is 10.1 Å². The Bertz CT molecular complexity index is 512. The lowest BCUT2D eigenvalue weighted by Gasteiger charge is -2.00. The number of rotatable bonds is 1. The number of hydrogen-bond acceptors (Lipinski definition) is 4. The van der Waals surface area contributed by atoms with Gasteiger partial charge in [0.15, 0.2) is 0 Å². The number of hydrogen-bond donors (Lipinski definition) is 1. The predicted octanol–water partition coefficient (Wildman–Crippen LogP) is 2.75. The van der Waals surface area contributed by atoms with Crippen LogP contribution in [0.3, 0.4) is 0 Å². The molecule has 5 nitrogen and oxygen atoms in total. The minimum Gasteiger partial charge on any atom is -0.393 e. The zero-order chi connectivity index (χ0) is 12.1. The monoisotopic (exact) mass is 219 g/mol. The zero-order valence-electron chi connectivity index (χ0n) is 9.18. The number of nitro groups is 1. The van der Waals surface area contributed by atoms with Crippen molar-refractivity contribution in [2.75, 3.05) is 5.73 Å². The van der Waals surface area contributed by atoms with Gasteiger partial charge in [0.05, 0.1) is 10.4 Å². The molecule has 0 fully saturated rings. The highest BCUT2D eigenvalue weighted by atomic mass is 16.6. The van der Waals surface area contributed by atoms with E-state index in [9.17, 15) is 10.1 Å². The van der Waals surface area contributed by atoms with Crippen LogP contribution in [-0.2, 0) is 0 Å². The Hall–Kier alpha value is -2.17. The van der Waals surface area contributed by atoms with Crippen LogP contribution in [0.25, 0.3) is 10.9 Å². The van der Waals surface area contributed by atoms with Gasteiger partial charge in [0, 0.05) is 5.39 Å². The van der Waals surface area contributed by atoms with Gasteiger partial charge in [-0.15, -0.1) is 0 Å². The largest absolute Gasteiger partial charge is 0.393 e. The molecule has 0 saturated heterocycles. The molecule has 16 heavy (non-hydrogen) atoms. The van der Waals surface area contributed by atoms with Gasteiger partial charge in [0.1, 0.15) is 11.9 Å². The summed E-state index contributed by atoms with van der Waals surface area (Å²) >= 11 is 0. The van der Waals surface area contributed by atoms with Gasteiger partial charge in [-0.25, -0.2) is 4.98 Å². The molecule has 1 aromatic carbocycles. The number of anilines is 1.